The summed E-state index contributed by atoms with van der Waals surface area (Å²) in [6, 6.07) is 13.1. The average Bonchev–Trinajstić information content (AvgIpc) is 2.78. The van der Waals surface area contributed by atoms with Crippen molar-refractivity contribution in [2.45, 2.75) is 23.9 Å². The van der Waals surface area contributed by atoms with E-state index < -0.39 is 21.4 Å². The van der Waals surface area contributed by atoms with E-state index in [1.54, 1.807) is 43.3 Å². The molecule has 3 rings (SSSR count). The molecule has 0 unspecified atom stereocenters. The third-order valence-electron chi connectivity index (χ3n) is 5.06. The van der Waals surface area contributed by atoms with Crippen molar-refractivity contribution in [3.8, 4) is 11.8 Å². The van der Waals surface area contributed by atoms with Gasteiger partial charge in [0, 0.05) is 19.8 Å². The minimum absolute atomic E-state index is 0.0126. The minimum Gasteiger partial charge on any atom is -0.401 e. The molecule has 3 aromatic rings. The number of ketones is 1. The fraction of sp³-hybridized carbons (Fsp3) is 0.217. The van der Waals surface area contributed by atoms with Crippen molar-refractivity contribution in [2.24, 2.45) is 5.73 Å². The molecule has 0 atom stereocenters. The normalized spacial score (nSPS) is 12.5. The maximum atomic E-state index is 13.5. The lowest BCUT2D eigenvalue weighted by Crippen LogP contribution is -2.25. The standard InChI is InChI=1S/C23H23N5O4S2/c1-14-9-10-16(34(31,32)27(3)4)11-20(14)28-22(30)17-7-5-6-8-19(17)26-23(28)33-13-21(29)18(12-24)15(2)25/h5-11H,13,25H2,1-4H3/b18-15+. The van der Waals surface area contributed by atoms with Crippen LogP contribution in [-0.2, 0) is 14.8 Å². The topological polar surface area (TPSA) is 139 Å². The molecule has 2 aromatic carbocycles. The summed E-state index contributed by atoms with van der Waals surface area (Å²) in [4.78, 5) is 30.6. The van der Waals surface area contributed by atoms with Gasteiger partial charge in [-0.2, -0.15) is 5.26 Å². The molecule has 0 aliphatic heterocycles. The first-order chi connectivity index (χ1) is 16.0. The van der Waals surface area contributed by atoms with E-state index in [-0.39, 0.29) is 27.1 Å². The highest BCUT2D eigenvalue weighted by Crippen LogP contribution is 2.26. The Balaban J connectivity index is 2.25. The van der Waals surface area contributed by atoms with Gasteiger partial charge in [0.05, 0.1) is 27.2 Å². The van der Waals surface area contributed by atoms with Gasteiger partial charge in [0.2, 0.25) is 10.0 Å². The van der Waals surface area contributed by atoms with Crippen LogP contribution in [0.3, 0.4) is 0 Å². The van der Waals surface area contributed by atoms with Crippen molar-refractivity contribution in [3.63, 3.8) is 0 Å². The number of nitrogens with two attached hydrogens (primary N) is 1. The van der Waals surface area contributed by atoms with E-state index in [1.165, 1.54) is 37.7 Å². The number of carbonyl (C=O) groups excluding carboxylic acids is 1. The van der Waals surface area contributed by atoms with Crippen LogP contribution in [0, 0.1) is 18.3 Å². The van der Waals surface area contributed by atoms with Gasteiger partial charge in [-0.15, -0.1) is 0 Å². The van der Waals surface area contributed by atoms with Crippen molar-refractivity contribution in [2.75, 3.05) is 19.8 Å². The zero-order chi connectivity index (χ0) is 25.2. The SMILES string of the molecule is C/C(N)=C(/C#N)C(=O)CSc1nc2ccccc2c(=O)n1-c1cc(S(=O)(=O)N(C)C)ccc1C. The van der Waals surface area contributed by atoms with E-state index in [0.29, 0.717) is 22.2 Å². The van der Waals surface area contributed by atoms with Gasteiger partial charge in [0.1, 0.15) is 11.6 Å². The molecule has 0 aliphatic carbocycles. The number of Topliss-reactive ketones (excluding diaryl/α,β-unsaturated/α-hetero) is 1. The molecule has 0 aliphatic rings. The number of carbonyl (C=O) groups is 1. The number of allylic oxidation sites excluding steroid dienone is 2. The highest BCUT2D eigenvalue weighted by atomic mass is 32.2. The van der Waals surface area contributed by atoms with Crippen LogP contribution in [0.15, 0.2) is 68.6 Å². The maximum Gasteiger partial charge on any atom is 0.266 e. The van der Waals surface area contributed by atoms with Crippen LogP contribution in [0.5, 0.6) is 0 Å². The van der Waals surface area contributed by atoms with Gasteiger partial charge in [0.15, 0.2) is 10.9 Å². The molecule has 1 heterocycles. The van der Waals surface area contributed by atoms with Crippen molar-refractivity contribution in [1.29, 1.82) is 5.26 Å². The lowest BCUT2D eigenvalue weighted by atomic mass is 10.2. The van der Waals surface area contributed by atoms with Crippen molar-refractivity contribution >= 4 is 38.5 Å². The van der Waals surface area contributed by atoms with Crippen LogP contribution >= 0.6 is 11.8 Å². The zero-order valence-electron chi connectivity index (χ0n) is 19.1. The second-order valence-corrected chi connectivity index (χ2v) is 10.8. The van der Waals surface area contributed by atoms with Gasteiger partial charge in [-0.05, 0) is 43.7 Å². The molecular weight excluding hydrogens is 474 g/mol. The lowest BCUT2D eigenvalue weighted by Gasteiger charge is -2.17. The predicted molar refractivity (Wildman–Crippen MR) is 131 cm³/mol. The van der Waals surface area contributed by atoms with E-state index in [9.17, 15) is 23.3 Å². The number of para-hydroxylation sites is 1. The average molecular weight is 498 g/mol. The first-order valence-corrected chi connectivity index (χ1v) is 12.5. The van der Waals surface area contributed by atoms with Gasteiger partial charge >= 0.3 is 0 Å². The monoisotopic (exact) mass is 497 g/mol. The Morgan fingerprint density at radius 1 is 1.24 bits per heavy atom. The Kier molecular flexibility index (Phi) is 7.26. The molecular formula is C23H23N5O4S2. The summed E-state index contributed by atoms with van der Waals surface area (Å²) in [6.07, 6.45) is 0. The van der Waals surface area contributed by atoms with Crippen LogP contribution in [0.25, 0.3) is 16.6 Å². The molecule has 9 nitrogen and oxygen atoms in total. The Morgan fingerprint density at radius 3 is 2.53 bits per heavy atom. The summed E-state index contributed by atoms with van der Waals surface area (Å²) in [5, 5.41) is 9.75. The molecule has 0 radical (unpaired) electrons. The van der Waals surface area contributed by atoms with Gasteiger partial charge in [0.25, 0.3) is 5.56 Å². The molecule has 1 aromatic heterocycles. The van der Waals surface area contributed by atoms with Crippen LogP contribution in [-0.4, -0.2) is 47.9 Å². The van der Waals surface area contributed by atoms with E-state index in [2.05, 4.69) is 4.98 Å². The van der Waals surface area contributed by atoms with E-state index in [4.69, 9.17) is 5.73 Å². The van der Waals surface area contributed by atoms with E-state index >= 15 is 0 Å². The molecule has 2 N–H and O–H groups in total. The van der Waals surface area contributed by atoms with Crippen LogP contribution < -0.4 is 11.3 Å². The van der Waals surface area contributed by atoms with Crippen molar-refractivity contribution < 1.29 is 13.2 Å². The smallest absolute Gasteiger partial charge is 0.266 e. The highest BCUT2D eigenvalue weighted by Gasteiger charge is 2.22. The molecule has 0 saturated heterocycles. The fourth-order valence-electron chi connectivity index (χ4n) is 3.20. The minimum atomic E-state index is -3.76. The van der Waals surface area contributed by atoms with Crippen molar-refractivity contribution in [1.82, 2.24) is 13.9 Å². The summed E-state index contributed by atoms with van der Waals surface area (Å²) in [5.74, 6) is -0.682. The quantitative estimate of drug-likeness (QED) is 0.227. The zero-order valence-corrected chi connectivity index (χ0v) is 20.7. The predicted octanol–water partition coefficient (Wildman–Crippen LogP) is 2.36. The summed E-state index contributed by atoms with van der Waals surface area (Å²) in [7, 11) is -0.918. The van der Waals surface area contributed by atoms with Gasteiger partial charge in [-0.3, -0.25) is 14.2 Å². The molecule has 0 amide bonds. The van der Waals surface area contributed by atoms with E-state index in [1.807, 2.05) is 0 Å². The lowest BCUT2D eigenvalue weighted by molar-refractivity contribution is -0.112. The van der Waals surface area contributed by atoms with Gasteiger partial charge in [-0.25, -0.2) is 17.7 Å². The third-order valence-corrected chi connectivity index (χ3v) is 7.81. The van der Waals surface area contributed by atoms with Crippen LogP contribution in [0.4, 0.5) is 0 Å². The number of thioether (sulfide) groups is 1. The molecule has 0 spiro atoms. The number of rotatable bonds is 7. The first-order valence-electron chi connectivity index (χ1n) is 10.1. The number of sulfonamides is 1. The maximum absolute atomic E-state index is 13.5. The first kappa shape index (κ1) is 25.2. The molecule has 0 bridgehead atoms. The fourth-order valence-corrected chi connectivity index (χ4v) is 5.00. The molecule has 176 valence electrons. The number of hydrogen-bond donors (Lipinski definition) is 1. The Morgan fingerprint density at radius 2 is 1.91 bits per heavy atom. The molecule has 34 heavy (non-hydrogen) atoms. The van der Waals surface area contributed by atoms with Gasteiger partial charge in [-0.1, -0.05) is 30.0 Å². The van der Waals surface area contributed by atoms with Crippen molar-refractivity contribution in [3.05, 3.63) is 69.7 Å². The Hall–Kier alpha value is -3.46. The molecule has 0 saturated carbocycles. The second-order valence-electron chi connectivity index (χ2n) is 7.67. The summed E-state index contributed by atoms with van der Waals surface area (Å²) < 4.78 is 27.8. The molecule has 11 heteroatoms. The Bertz CT molecular complexity index is 1530. The van der Waals surface area contributed by atoms with Crippen LogP contribution in [0.2, 0.25) is 0 Å². The molecule has 0 fully saturated rings. The largest absolute Gasteiger partial charge is 0.401 e. The number of fused-ring (bicyclic) bond motifs is 1. The number of nitriles is 1. The number of benzene rings is 2. The Labute approximate surface area is 201 Å². The number of hydrogen-bond acceptors (Lipinski definition) is 8. The summed E-state index contributed by atoms with van der Waals surface area (Å²) in [6.45, 7) is 3.21. The van der Waals surface area contributed by atoms with Crippen LogP contribution in [0.1, 0.15) is 12.5 Å². The number of aryl methyl sites for hydroxylation is 1. The third kappa shape index (κ3) is 4.75. The van der Waals surface area contributed by atoms with Gasteiger partial charge < -0.3 is 5.73 Å². The summed E-state index contributed by atoms with van der Waals surface area (Å²) >= 11 is 0.970. The van der Waals surface area contributed by atoms with E-state index in [0.717, 1.165) is 16.1 Å². The highest BCUT2D eigenvalue weighted by molar-refractivity contribution is 7.99. The number of nitrogens with zero attached hydrogens (tertiary/aromatic N) is 4. The number of aromatic nitrogens is 2. The summed E-state index contributed by atoms with van der Waals surface area (Å²) in [5.41, 5.74) is 6.57. The second kappa shape index (κ2) is 9.80.